The summed E-state index contributed by atoms with van der Waals surface area (Å²) < 4.78 is 5.27. The third-order valence-corrected chi connectivity index (χ3v) is 6.84. The second kappa shape index (κ2) is 9.37. The Morgan fingerprint density at radius 3 is 2.53 bits per heavy atom. The van der Waals surface area contributed by atoms with Gasteiger partial charge in [-0.25, -0.2) is 5.01 Å². The van der Waals surface area contributed by atoms with Crippen LogP contribution in [-0.2, 0) is 4.79 Å². The molecule has 0 bridgehead atoms. The molecular weight excluding hydrogens is 470 g/mol. The van der Waals surface area contributed by atoms with Crippen LogP contribution in [0.15, 0.2) is 87.8 Å². The summed E-state index contributed by atoms with van der Waals surface area (Å²) >= 11 is 7.36. The van der Waals surface area contributed by atoms with Crippen molar-refractivity contribution in [1.82, 2.24) is 5.01 Å². The van der Waals surface area contributed by atoms with E-state index in [0.29, 0.717) is 27.1 Å². The quantitative estimate of drug-likeness (QED) is 0.463. The van der Waals surface area contributed by atoms with E-state index in [9.17, 15) is 9.90 Å². The van der Waals surface area contributed by atoms with Crippen molar-refractivity contribution in [3.05, 3.63) is 99.4 Å². The number of amides is 1. The molecule has 0 aliphatic carbocycles. The Kier molecular flexibility index (Phi) is 6.13. The first kappa shape index (κ1) is 22.3. The molecule has 34 heavy (non-hydrogen) atoms. The zero-order chi connectivity index (χ0) is 23.7. The summed E-state index contributed by atoms with van der Waals surface area (Å²) in [6.45, 7) is 0. The van der Waals surface area contributed by atoms with Gasteiger partial charge in [0, 0.05) is 17.0 Å². The van der Waals surface area contributed by atoms with Crippen molar-refractivity contribution >= 4 is 46.2 Å². The largest absolute Gasteiger partial charge is 0.507 e. The Bertz CT molecular complexity index is 1330. The van der Waals surface area contributed by atoms with Gasteiger partial charge < -0.3 is 9.84 Å². The van der Waals surface area contributed by atoms with Gasteiger partial charge in [0.2, 0.25) is 0 Å². The van der Waals surface area contributed by atoms with E-state index >= 15 is 0 Å². The molecule has 0 saturated carbocycles. The van der Waals surface area contributed by atoms with Gasteiger partial charge in [-0.15, -0.1) is 0 Å². The lowest BCUT2D eigenvalue weighted by atomic mass is 9.98. The lowest BCUT2D eigenvalue weighted by molar-refractivity contribution is -0.113. The van der Waals surface area contributed by atoms with Gasteiger partial charge in [-0.1, -0.05) is 41.9 Å². The third-order valence-electron chi connectivity index (χ3n) is 5.62. The summed E-state index contributed by atoms with van der Waals surface area (Å²) in [6.07, 6.45) is 2.29. The molecule has 8 heteroatoms. The molecule has 170 valence electrons. The highest BCUT2D eigenvalue weighted by Crippen LogP contribution is 2.40. The van der Waals surface area contributed by atoms with E-state index in [1.165, 1.54) is 11.8 Å². The van der Waals surface area contributed by atoms with Crippen LogP contribution in [0, 0.1) is 0 Å². The normalized spacial score (nSPS) is 18.9. The number of hydrazone groups is 1. The van der Waals surface area contributed by atoms with Crippen molar-refractivity contribution in [3.8, 4) is 11.5 Å². The molecule has 5 rings (SSSR count). The van der Waals surface area contributed by atoms with Crippen molar-refractivity contribution < 1.29 is 14.6 Å². The van der Waals surface area contributed by atoms with Crippen LogP contribution in [0.5, 0.6) is 11.5 Å². The van der Waals surface area contributed by atoms with Gasteiger partial charge >= 0.3 is 0 Å². The Morgan fingerprint density at radius 1 is 1.09 bits per heavy atom. The minimum atomic E-state index is -0.355. The van der Waals surface area contributed by atoms with Gasteiger partial charge in [-0.3, -0.25) is 4.79 Å². The molecule has 2 aliphatic rings. The molecule has 0 spiro atoms. The fourth-order valence-corrected chi connectivity index (χ4v) is 4.87. The number of para-hydroxylation sites is 1. The van der Waals surface area contributed by atoms with Crippen LogP contribution in [0.2, 0.25) is 5.02 Å². The monoisotopic (exact) mass is 489 g/mol. The lowest BCUT2D eigenvalue weighted by Crippen LogP contribution is -2.23. The number of rotatable bonds is 4. The predicted octanol–water partition coefficient (Wildman–Crippen LogP) is 5.88. The molecule has 6 nitrogen and oxygen atoms in total. The number of thioether (sulfide) groups is 1. The number of amidine groups is 1. The molecule has 3 aromatic carbocycles. The van der Waals surface area contributed by atoms with Crippen LogP contribution in [0.1, 0.15) is 29.2 Å². The number of carbonyl (C=O) groups excluding carboxylic acids is 1. The molecule has 2 aliphatic heterocycles. The summed E-state index contributed by atoms with van der Waals surface area (Å²) in [5.41, 5.74) is 3.44. The summed E-state index contributed by atoms with van der Waals surface area (Å²) in [5.74, 6) is 0.525. The maximum absolute atomic E-state index is 12.7. The fourth-order valence-electron chi connectivity index (χ4n) is 3.84. The zero-order valence-electron chi connectivity index (χ0n) is 18.2. The number of methoxy groups -OCH3 is 1. The minimum Gasteiger partial charge on any atom is -0.507 e. The second-order valence-electron chi connectivity index (χ2n) is 7.76. The van der Waals surface area contributed by atoms with E-state index in [4.69, 9.17) is 21.4 Å². The highest BCUT2D eigenvalue weighted by atomic mass is 35.5. The van der Waals surface area contributed by atoms with E-state index in [0.717, 1.165) is 22.6 Å². The van der Waals surface area contributed by atoms with Crippen molar-refractivity contribution in [2.75, 3.05) is 7.11 Å². The van der Waals surface area contributed by atoms with Crippen molar-refractivity contribution in [1.29, 1.82) is 0 Å². The molecular formula is C26H20ClN3O3S. The fraction of sp³-hybridized carbons (Fsp3) is 0.115. The van der Waals surface area contributed by atoms with Crippen LogP contribution < -0.4 is 4.74 Å². The molecule has 0 saturated heterocycles. The predicted molar refractivity (Wildman–Crippen MR) is 136 cm³/mol. The number of hydrogen-bond acceptors (Lipinski definition) is 6. The average Bonchev–Trinajstić information content (AvgIpc) is 3.45. The van der Waals surface area contributed by atoms with Crippen LogP contribution in [0.25, 0.3) is 6.08 Å². The van der Waals surface area contributed by atoms with Gasteiger partial charge in [0.15, 0.2) is 5.17 Å². The van der Waals surface area contributed by atoms with Gasteiger partial charge in [-0.05, 0) is 71.4 Å². The highest BCUT2D eigenvalue weighted by Gasteiger charge is 2.36. The first-order valence-electron chi connectivity index (χ1n) is 10.6. The van der Waals surface area contributed by atoms with Crippen molar-refractivity contribution in [2.45, 2.75) is 12.5 Å². The number of aliphatic imine (C=N–C) groups is 1. The summed E-state index contributed by atoms with van der Waals surface area (Å²) in [5, 5.41) is 17.9. The summed E-state index contributed by atoms with van der Waals surface area (Å²) in [7, 11) is 1.63. The van der Waals surface area contributed by atoms with Crippen LogP contribution in [-0.4, -0.2) is 34.0 Å². The molecule has 3 aromatic rings. The number of carbonyl (C=O) groups is 1. The number of hydrogen-bond donors (Lipinski definition) is 1. The summed E-state index contributed by atoms with van der Waals surface area (Å²) in [6, 6.07) is 22.1. The minimum absolute atomic E-state index is 0.108. The molecule has 1 N–H and O–H groups in total. The number of phenolic OH excluding ortho intramolecular Hbond substituents is 1. The van der Waals surface area contributed by atoms with E-state index in [1.54, 1.807) is 42.5 Å². The van der Waals surface area contributed by atoms with Crippen molar-refractivity contribution in [2.24, 2.45) is 10.1 Å². The molecule has 1 atom stereocenters. The van der Waals surface area contributed by atoms with E-state index in [2.05, 4.69) is 4.99 Å². The number of nitrogens with zero attached hydrogens (tertiary/aromatic N) is 3. The highest BCUT2D eigenvalue weighted by molar-refractivity contribution is 8.18. The third kappa shape index (κ3) is 4.44. The van der Waals surface area contributed by atoms with Crippen LogP contribution >= 0.6 is 23.4 Å². The molecule has 0 aromatic heterocycles. The number of aromatic hydroxyl groups is 1. The topological polar surface area (TPSA) is 74.5 Å². The smallest absolute Gasteiger partial charge is 0.286 e. The number of phenols is 1. The van der Waals surface area contributed by atoms with Crippen LogP contribution in [0.3, 0.4) is 0 Å². The maximum Gasteiger partial charge on any atom is 0.286 e. The molecule has 1 unspecified atom stereocenters. The van der Waals surface area contributed by atoms with Crippen molar-refractivity contribution in [3.63, 3.8) is 0 Å². The first-order valence-corrected chi connectivity index (χ1v) is 11.8. The zero-order valence-corrected chi connectivity index (χ0v) is 19.8. The molecule has 0 fully saturated rings. The average molecular weight is 490 g/mol. The Hall–Kier alpha value is -3.55. The van der Waals surface area contributed by atoms with E-state index in [-0.39, 0.29) is 17.7 Å². The van der Waals surface area contributed by atoms with E-state index in [1.807, 2.05) is 48.5 Å². The number of ether oxygens (including phenoxy) is 1. The number of halogens is 1. The van der Waals surface area contributed by atoms with Gasteiger partial charge in [0.05, 0.1) is 23.8 Å². The standard InChI is InChI=1S/C26H20ClN3O3S/c1-33-20-12-8-16(9-13-20)21-15-22(17-6-10-19(27)11-7-17)30(29-21)26-28-25(32)24(34-26)14-18-4-2-3-5-23(18)31/h2-14,22,31H,15H2,1H3/b24-14-. The van der Waals surface area contributed by atoms with Gasteiger partial charge in [-0.2, -0.15) is 10.1 Å². The maximum atomic E-state index is 12.7. The first-order chi connectivity index (χ1) is 16.5. The molecule has 0 radical (unpaired) electrons. The SMILES string of the molecule is COc1ccc(C2=NN(C3=NC(=O)/C(=C/c4ccccc4O)S3)C(c3ccc(Cl)cc3)C2)cc1. The Morgan fingerprint density at radius 2 is 1.82 bits per heavy atom. The molecule has 1 amide bonds. The molecule has 2 heterocycles. The second-order valence-corrected chi connectivity index (χ2v) is 9.21. The Labute approximate surface area is 206 Å². The Balaban J connectivity index is 1.48. The lowest BCUT2D eigenvalue weighted by Gasteiger charge is -2.22. The number of benzene rings is 3. The van der Waals surface area contributed by atoms with E-state index < -0.39 is 0 Å². The van der Waals surface area contributed by atoms with Gasteiger partial charge in [0.25, 0.3) is 5.91 Å². The summed E-state index contributed by atoms with van der Waals surface area (Å²) in [4.78, 5) is 17.4. The van der Waals surface area contributed by atoms with Crippen LogP contribution in [0.4, 0.5) is 0 Å². The van der Waals surface area contributed by atoms with Gasteiger partial charge in [0.1, 0.15) is 11.5 Å².